The minimum absolute atomic E-state index is 0.0323. The van der Waals surface area contributed by atoms with Gasteiger partial charge in [0.05, 0.1) is 18.7 Å². The molecule has 2 heterocycles. The molecule has 4 aromatic rings. The van der Waals surface area contributed by atoms with E-state index in [0.717, 1.165) is 0 Å². The molecule has 0 atom stereocenters. The van der Waals surface area contributed by atoms with Crippen LogP contribution in [0.5, 0.6) is 11.6 Å². The Balaban J connectivity index is 1.71. The van der Waals surface area contributed by atoms with Crippen molar-refractivity contribution in [3.05, 3.63) is 82.3 Å². The molecular weight excluding hydrogens is 406 g/mol. The SMILES string of the molecule is O=Nc1c(O)n(Cc2cc(F)cc3c2OCOC3)c2cccc(-c3cccc(F)c3)c12. The van der Waals surface area contributed by atoms with Crippen molar-refractivity contribution < 1.29 is 23.4 Å². The van der Waals surface area contributed by atoms with Gasteiger partial charge in [0.15, 0.2) is 12.5 Å². The van der Waals surface area contributed by atoms with Gasteiger partial charge in [-0.25, -0.2) is 8.78 Å². The first kappa shape index (κ1) is 19.2. The lowest BCUT2D eigenvalue weighted by atomic mass is 10.0. The minimum atomic E-state index is -0.465. The third-order valence-corrected chi connectivity index (χ3v) is 5.34. The van der Waals surface area contributed by atoms with Gasteiger partial charge in [0.25, 0.3) is 0 Å². The van der Waals surface area contributed by atoms with Gasteiger partial charge >= 0.3 is 0 Å². The van der Waals surface area contributed by atoms with Gasteiger partial charge in [0.1, 0.15) is 17.4 Å². The summed E-state index contributed by atoms with van der Waals surface area (Å²) < 4.78 is 40.2. The highest BCUT2D eigenvalue weighted by molar-refractivity contribution is 6.05. The molecule has 1 aliphatic rings. The lowest BCUT2D eigenvalue weighted by molar-refractivity contribution is -0.0173. The van der Waals surface area contributed by atoms with Gasteiger partial charge in [-0.1, -0.05) is 24.3 Å². The summed E-state index contributed by atoms with van der Waals surface area (Å²) in [5.74, 6) is -0.771. The van der Waals surface area contributed by atoms with Gasteiger partial charge in [0, 0.05) is 16.5 Å². The first-order chi connectivity index (χ1) is 15.1. The van der Waals surface area contributed by atoms with E-state index in [0.29, 0.717) is 38.9 Å². The summed E-state index contributed by atoms with van der Waals surface area (Å²) in [5.41, 5.74) is 2.47. The fourth-order valence-electron chi connectivity index (χ4n) is 4.06. The number of benzene rings is 3. The monoisotopic (exact) mass is 422 g/mol. The summed E-state index contributed by atoms with van der Waals surface area (Å²) >= 11 is 0. The molecule has 0 bridgehead atoms. The van der Waals surface area contributed by atoms with Crippen molar-refractivity contribution in [1.29, 1.82) is 0 Å². The number of nitroso groups, excluding NO2 is 1. The molecule has 0 unspecified atom stereocenters. The van der Waals surface area contributed by atoms with E-state index in [1.165, 1.54) is 28.8 Å². The first-order valence-corrected chi connectivity index (χ1v) is 9.52. The van der Waals surface area contributed by atoms with E-state index >= 15 is 0 Å². The van der Waals surface area contributed by atoms with E-state index in [-0.39, 0.29) is 31.5 Å². The number of hydrogen-bond donors (Lipinski definition) is 1. The van der Waals surface area contributed by atoms with Gasteiger partial charge < -0.3 is 19.1 Å². The summed E-state index contributed by atoms with van der Waals surface area (Å²) in [6.07, 6.45) is 0. The minimum Gasteiger partial charge on any atom is -0.493 e. The number of ether oxygens (including phenoxy) is 2. The second-order valence-electron chi connectivity index (χ2n) is 7.22. The van der Waals surface area contributed by atoms with E-state index in [2.05, 4.69) is 5.18 Å². The zero-order valence-electron chi connectivity index (χ0n) is 16.1. The second-order valence-corrected chi connectivity index (χ2v) is 7.22. The molecule has 1 aliphatic heterocycles. The lowest BCUT2D eigenvalue weighted by Crippen LogP contribution is -2.14. The van der Waals surface area contributed by atoms with E-state index in [1.807, 2.05) is 0 Å². The molecule has 156 valence electrons. The van der Waals surface area contributed by atoms with Crippen LogP contribution in [0.15, 0.2) is 59.8 Å². The smallest absolute Gasteiger partial charge is 0.222 e. The molecule has 0 fully saturated rings. The number of hydrogen-bond acceptors (Lipinski definition) is 5. The normalized spacial score (nSPS) is 13.1. The van der Waals surface area contributed by atoms with E-state index in [4.69, 9.17) is 9.47 Å². The number of fused-ring (bicyclic) bond motifs is 2. The van der Waals surface area contributed by atoms with Gasteiger partial charge in [-0.15, -0.1) is 4.91 Å². The van der Waals surface area contributed by atoms with Crippen LogP contribution in [-0.4, -0.2) is 16.5 Å². The predicted octanol–water partition coefficient (Wildman–Crippen LogP) is 5.60. The van der Waals surface area contributed by atoms with Crippen LogP contribution in [0, 0.1) is 16.5 Å². The molecule has 31 heavy (non-hydrogen) atoms. The zero-order valence-corrected chi connectivity index (χ0v) is 16.1. The summed E-state index contributed by atoms with van der Waals surface area (Å²) in [6.45, 7) is 0.281. The molecule has 5 rings (SSSR count). The Morgan fingerprint density at radius 1 is 1.06 bits per heavy atom. The second kappa shape index (κ2) is 7.48. The number of aromatic nitrogens is 1. The fourth-order valence-corrected chi connectivity index (χ4v) is 4.06. The van der Waals surface area contributed by atoms with Crippen molar-refractivity contribution in [2.24, 2.45) is 5.18 Å². The van der Waals surface area contributed by atoms with E-state index in [1.54, 1.807) is 30.3 Å². The average molecular weight is 422 g/mol. The van der Waals surface area contributed by atoms with Crippen molar-refractivity contribution in [2.45, 2.75) is 13.2 Å². The summed E-state index contributed by atoms with van der Waals surface area (Å²) in [5, 5.41) is 14.2. The van der Waals surface area contributed by atoms with E-state index in [9.17, 15) is 18.8 Å². The molecule has 1 N–H and O–H groups in total. The number of aromatic hydroxyl groups is 1. The van der Waals surface area contributed by atoms with Crippen LogP contribution in [0.3, 0.4) is 0 Å². The van der Waals surface area contributed by atoms with Gasteiger partial charge in [0.2, 0.25) is 5.88 Å². The molecule has 0 spiro atoms. The van der Waals surface area contributed by atoms with Crippen LogP contribution in [-0.2, 0) is 17.9 Å². The van der Waals surface area contributed by atoms with Gasteiger partial charge in [-0.2, -0.15) is 0 Å². The van der Waals surface area contributed by atoms with Gasteiger partial charge in [-0.05, 0) is 46.6 Å². The van der Waals surface area contributed by atoms with Crippen molar-refractivity contribution in [3.8, 4) is 22.8 Å². The van der Waals surface area contributed by atoms with Crippen molar-refractivity contribution in [2.75, 3.05) is 6.79 Å². The quantitative estimate of drug-likeness (QED) is 0.434. The zero-order chi connectivity index (χ0) is 21.5. The molecular formula is C23H16F2N2O4. The van der Waals surface area contributed by atoms with Crippen molar-refractivity contribution in [1.82, 2.24) is 4.57 Å². The standard InChI is InChI=1S/C23H16F2N2O4/c24-16-4-1-3-13(7-16)18-5-2-6-19-20(18)21(26-29)23(28)27(19)10-14-8-17(25)9-15-11-30-12-31-22(14)15/h1-9,28H,10-12H2. The Morgan fingerprint density at radius 2 is 1.90 bits per heavy atom. The third-order valence-electron chi connectivity index (χ3n) is 5.34. The van der Waals surface area contributed by atoms with Crippen LogP contribution in [0.25, 0.3) is 22.0 Å². The lowest BCUT2D eigenvalue weighted by Gasteiger charge is -2.21. The van der Waals surface area contributed by atoms with Crippen LogP contribution in [0.4, 0.5) is 14.5 Å². The maximum Gasteiger partial charge on any atom is 0.222 e. The Morgan fingerprint density at radius 3 is 2.71 bits per heavy atom. The maximum absolute atomic E-state index is 14.2. The summed E-state index contributed by atoms with van der Waals surface area (Å²) in [6, 6.07) is 13.8. The molecule has 8 heteroatoms. The third kappa shape index (κ3) is 3.21. The Hall–Kier alpha value is -3.78. The van der Waals surface area contributed by atoms with Crippen molar-refractivity contribution >= 4 is 16.6 Å². The highest BCUT2D eigenvalue weighted by Gasteiger charge is 2.24. The van der Waals surface area contributed by atoms with Crippen LogP contribution >= 0.6 is 0 Å². The van der Waals surface area contributed by atoms with E-state index < -0.39 is 11.6 Å². The number of nitrogens with zero attached hydrogens (tertiary/aromatic N) is 2. The molecule has 3 aromatic carbocycles. The Labute approximate surface area is 175 Å². The maximum atomic E-state index is 14.2. The molecule has 6 nitrogen and oxygen atoms in total. The summed E-state index contributed by atoms with van der Waals surface area (Å²) in [4.78, 5) is 11.6. The van der Waals surface area contributed by atoms with Crippen LogP contribution < -0.4 is 4.74 Å². The first-order valence-electron chi connectivity index (χ1n) is 9.52. The van der Waals surface area contributed by atoms with Crippen molar-refractivity contribution in [3.63, 3.8) is 0 Å². The Kier molecular flexibility index (Phi) is 4.63. The average Bonchev–Trinajstić information content (AvgIpc) is 3.04. The molecule has 0 radical (unpaired) electrons. The highest BCUT2D eigenvalue weighted by Crippen LogP contribution is 2.44. The molecule has 0 amide bonds. The largest absolute Gasteiger partial charge is 0.493 e. The summed E-state index contributed by atoms with van der Waals surface area (Å²) in [7, 11) is 0. The van der Waals surface area contributed by atoms with Gasteiger partial charge in [-0.3, -0.25) is 0 Å². The molecule has 0 saturated carbocycles. The van der Waals surface area contributed by atoms with Crippen LogP contribution in [0.1, 0.15) is 11.1 Å². The highest BCUT2D eigenvalue weighted by atomic mass is 19.1. The number of rotatable bonds is 4. The Bertz CT molecular complexity index is 1330. The molecule has 0 aliphatic carbocycles. The van der Waals surface area contributed by atoms with Crippen LogP contribution in [0.2, 0.25) is 0 Å². The topological polar surface area (TPSA) is 73.0 Å². The number of halogens is 2. The predicted molar refractivity (Wildman–Crippen MR) is 110 cm³/mol. The molecule has 0 saturated heterocycles. The molecule has 1 aromatic heterocycles. The fraction of sp³-hybridized carbons (Fsp3) is 0.130.